The van der Waals surface area contributed by atoms with E-state index in [1.807, 2.05) is 0 Å². The summed E-state index contributed by atoms with van der Waals surface area (Å²) in [5.41, 5.74) is 7.00. The number of benzene rings is 1. The molecule has 0 fully saturated rings. The van der Waals surface area contributed by atoms with Crippen LogP contribution in [0, 0.1) is 0 Å². The quantitative estimate of drug-likeness (QED) is 0.593. The number of carbonyl (C=O) groups is 1. The minimum atomic E-state index is -0.996. The topological polar surface area (TPSA) is 112 Å². The predicted molar refractivity (Wildman–Crippen MR) is 57.1 cm³/mol. The standard InChI is InChI=1S/C10H11N3O3/c11-6(4-14)9-12-7-2-1-5(10(15)16)3-8(7)13-9/h1-3,6,14H,4,11H2,(H,12,13)(H,15,16). The van der Waals surface area contributed by atoms with Crippen molar-refractivity contribution in [1.82, 2.24) is 9.97 Å². The predicted octanol–water partition coefficient (Wildman–Crippen LogP) is 0.253. The molecule has 0 bridgehead atoms. The van der Waals surface area contributed by atoms with E-state index < -0.39 is 12.0 Å². The first kappa shape index (κ1) is 10.6. The molecule has 1 atom stereocenters. The van der Waals surface area contributed by atoms with Gasteiger partial charge < -0.3 is 20.9 Å². The number of aromatic amines is 1. The van der Waals surface area contributed by atoms with Crippen LogP contribution >= 0.6 is 0 Å². The fourth-order valence-corrected chi connectivity index (χ4v) is 1.42. The van der Waals surface area contributed by atoms with Crippen molar-refractivity contribution in [3.8, 4) is 0 Å². The normalized spacial score (nSPS) is 12.9. The van der Waals surface area contributed by atoms with E-state index in [2.05, 4.69) is 9.97 Å². The van der Waals surface area contributed by atoms with E-state index in [0.717, 1.165) is 0 Å². The second-order valence-corrected chi connectivity index (χ2v) is 3.45. The molecule has 6 heteroatoms. The van der Waals surface area contributed by atoms with Crippen LogP contribution in [-0.4, -0.2) is 32.8 Å². The van der Waals surface area contributed by atoms with Crippen LogP contribution in [0.25, 0.3) is 11.0 Å². The number of nitrogens with one attached hydrogen (secondary N) is 1. The molecular weight excluding hydrogens is 210 g/mol. The van der Waals surface area contributed by atoms with Crippen LogP contribution in [0.1, 0.15) is 22.2 Å². The summed E-state index contributed by atoms with van der Waals surface area (Å²) in [5.74, 6) is -0.551. The van der Waals surface area contributed by atoms with Crippen molar-refractivity contribution < 1.29 is 15.0 Å². The summed E-state index contributed by atoms with van der Waals surface area (Å²) in [5, 5.41) is 17.7. The maximum Gasteiger partial charge on any atom is 0.335 e. The third-order valence-electron chi connectivity index (χ3n) is 2.30. The minimum absolute atomic E-state index is 0.181. The summed E-state index contributed by atoms with van der Waals surface area (Å²) in [6, 6.07) is 3.97. The van der Waals surface area contributed by atoms with Crippen LogP contribution in [-0.2, 0) is 0 Å². The number of carboxylic acids is 1. The number of aromatic nitrogens is 2. The number of fused-ring (bicyclic) bond motifs is 1. The lowest BCUT2D eigenvalue weighted by molar-refractivity contribution is 0.0697. The molecule has 1 aromatic heterocycles. The summed E-state index contributed by atoms with van der Waals surface area (Å²) in [7, 11) is 0. The van der Waals surface area contributed by atoms with Crippen LogP contribution in [0.4, 0.5) is 0 Å². The third kappa shape index (κ3) is 1.75. The molecule has 1 heterocycles. The molecule has 16 heavy (non-hydrogen) atoms. The molecule has 0 saturated heterocycles. The molecule has 2 rings (SSSR count). The summed E-state index contributed by atoms with van der Waals surface area (Å²) >= 11 is 0. The maximum atomic E-state index is 10.7. The van der Waals surface area contributed by atoms with Crippen LogP contribution in [0.3, 0.4) is 0 Å². The Kier molecular flexibility index (Phi) is 2.59. The van der Waals surface area contributed by atoms with Crippen molar-refractivity contribution in [2.75, 3.05) is 6.61 Å². The van der Waals surface area contributed by atoms with Crippen LogP contribution in [0.5, 0.6) is 0 Å². The number of nitrogens with zero attached hydrogens (tertiary/aromatic N) is 1. The number of hydrogen-bond donors (Lipinski definition) is 4. The number of nitrogens with two attached hydrogens (primary N) is 1. The smallest absolute Gasteiger partial charge is 0.335 e. The van der Waals surface area contributed by atoms with Gasteiger partial charge in [-0.3, -0.25) is 0 Å². The van der Waals surface area contributed by atoms with Gasteiger partial charge in [-0.15, -0.1) is 0 Å². The number of carboxylic acid groups (broad SMARTS) is 1. The largest absolute Gasteiger partial charge is 0.478 e. The number of rotatable bonds is 3. The average molecular weight is 221 g/mol. The zero-order valence-corrected chi connectivity index (χ0v) is 8.34. The van der Waals surface area contributed by atoms with Crippen LogP contribution < -0.4 is 5.73 Å². The van der Waals surface area contributed by atoms with E-state index in [9.17, 15) is 4.79 Å². The number of hydrogen-bond acceptors (Lipinski definition) is 4. The van der Waals surface area contributed by atoms with Gasteiger partial charge in [0.05, 0.1) is 29.2 Å². The van der Waals surface area contributed by atoms with Gasteiger partial charge in [0, 0.05) is 0 Å². The Bertz CT molecular complexity index is 535. The SMILES string of the molecule is NC(CO)c1nc2ccc(C(=O)O)cc2[nH]1. The number of aliphatic hydroxyl groups is 1. The highest BCUT2D eigenvalue weighted by Crippen LogP contribution is 2.16. The second kappa shape index (κ2) is 3.92. The average Bonchev–Trinajstić information content (AvgIpc) is 2.70. The highest BCUT2D eigenvalue weighted by atomic mass is 16.4. The number of aliphatic hydroxyl groups excluding tert-OH is 1. The lowest BCUT2D eigenvalue weighted by atomic mass is 10.2. The molecule has 0 spiro atoms. The van der Waals surface area contributed by atoms with E-state index in [1.54, 1.807) is 6.07 Å². The molecule has 0 amide bonds. The monoisotopic (exact) mass is 221 g/mol. The van der Waals surface area contributed by atoms with Crippen molar-refractivity contribution in [3.63, 3.8) is 0 Å². The zero-order valence-electron chi connectivity index (χ0n) is 8.34. The number of imidazole rings is 1. The minimum Gasteiger partial charge on any atom is -0.478 e. The molecular formula is C10H11N3O3. The van der Waals surface area contributed by atoms with Crippen LogP contribution in [0.2, 0.25) is 0 Å². The first-order valence-corrected chi connectivity index (χ1v) is 4.71. The van der Waals surface area contributed by atoms with Gasteiger partial charge in [-0.2, -0.15) is 0 Å². The summed E-state index contributed by atoms with van der Waals surface area (Å²) in [4.78, 5) is 17.8. The highest BCUT2D eigenvalue weighted by Gasteiger charge is 2.11. The molecule has 84 valence electrons. The molecule has 0 aliphatic heterocycles. The van der Waals surface area contributed by atoms with E-state index in [-0.39, 0.29) is 12.2 Å². The van der Waals surface area contributed by atoms with Gasteiger partial charge in [-0.05, 0) is 18.2 Å². The lowest BCUT2D eigenvalue weighted by Crippen LogP contribution is -2.15. The summed E-state index contributed by atoms with van der Waals surface area (Å²) in [6.07, 6.45) is 0. The van der Waals surface area contributed by atoms with Crippen molar-refractivity contribution in [2.45, 2.75) is 6.04 Å². The highest BCUT2D eigenvalue weighted by molar-refractivity contribution is 5.92. The van der Waals surface area contributed by atoms with Crippen molar-refractivity contribution >= 4 is 17.0 Å². The Morgan fingerprint density at radius 1 is 1.56 bits per heavy atom. The van der Waals surface area contributed by atoms with Gasteiger partial charge in [0.25, 0.3) is 0 Å². The van der Waals surface area contributed by atoms with E-state index in [4.69, 9.17) is 15.9 Å². The molecule has 0 aliphatic carbocycles. The van der Waals surface area contributed by atoms with E-state index >= 15 is 0 Å². The maximum absolute atomic E-state index is 10.7. The number of H-pyrrole nitrogens is 1. The number of aromatic carboxylic acids is 1. The van der Waals surface area contributed by atoms with E-state index in [0.29, 0.717) is 16.9 Å². The van der Waals surface area contributed by atoms with Gasteiger partial charge in [0.1, 0.15) is 5.82 Å². The Hall–Kier alpha value is -1.92. The Balaban J connectivity index is 2.49. The van der Waals surface area contributed by atoms with Crippen molar-refractivity contribution in [2.24, 2.45) is 5.73 Å². The summed E-state index contributed by atoms with van der Waals surface area (Å²) < 4.78 is 0. The van der Waals surface area contributed by atoms with Crippen molar-refractivity contribution in [1.29, 1.82) is 0 Å². The van der Waals surface area contributed by atoms with Gasteiger partial charge in [-0.25, -0.2) is 9.78 Å². The second-order valence-electron chi connectivity index (χ2n) is 3.45. The Morgan fingerprint density at radius 2 is 2.31 bits per heavy atom. The van der Waals surface area contributed by atoms with Gasteiger partial charge in [-0.1, -0.05) is 0 Å². The first-order valence-electron chi connectivity index (χ1n) is 4.71. The van der Waals surface area contributed by atoms with E-state index in [1.165, 1.54) is 12.1 Å². The van der Waals surface area contributed by atoms with Crippen molar-refractivity contribution in [3.05, 3.63) is 29.6 Å². The van der Waals surface area contributed by atoms with Gasteiger partial charge in [0.2, 0.25) is 0 Å². The molecule has 1 unspecified atom stereocenters. The molecule has 0 aliphatic rings. The molecule has 1 aromatic carbocycles. The molecule has 0 radical (unpaired) electrons. The fourth-order valence-electron chi connectivity index (χ4n) is 1.42. The van der Waals surface area contributed by atoms with Crippen LogP contribution in [0.15, 0.2) is 18.2 Å². The van der Waals surface area contributed by atoms with Gasteiger partial charge in [0.15, 0.2) is 0 Å². The third-order valence-corrected chi connectivity index (χ3v) is 2.30. The Labute approximate surface area is 90.7 Å². The molecule has 0 saturated carbocycles. The zero-order chi connectivity index (χ0) is 11.7. The fraction of sp³-hybridized carbons (Fsp3) is 0.200. The molecule has 6 nitrogen and oxygen atoms in total. The van der Waals surface area contributed by atoms with Gasteiger partial charge >= 0.3 is 5.97 Å². The lowest BCUT2D eigenvalue weighted by Gasteiger charge is -2.01. The Morgan fingerprint density at radius 3 is 2.94 bits per heavy atom. The summed E-state index contributed by atoms with van der Waals surface area (Å²) in [6.45, 7) is -0.217. The first-order chi connectivity index (χ1) is 7.61. The molecule has 2 aromatic rings. The molecule has 5 N–H and O–H groups in total.